The van der Waals surface area contributed by atoms with E-state index < -0.39 is 6.10 Å². The zero-order valence-electron chi connectivity index (χ0n) is 17.8. The number of carbonyl (C=O) groups excluding carboxylic acids is 2. The number of nitrogens with one attached hydrogen (secondary N) is 1. The fraction of sp³-hybridized carbons (Fsp3) is 0.417. The first kappa shape index (κ1) is 21.7. The smallest absolute Gasteiger partial charge is 0.264 e. The summed E-state index contributed by atoms with van der Waals surface area (Å²) in [5, 5.41) is 3.56. The van der Waals surface area contributed by atoms with Crippen molar-refractivity contribution in [2.24, 2.45) is 0 Å². The predicted octanol–water partition coefficient (Wildman–Crippen LogP) is 3.91. The molecule has 0 bridgehead atoms. The highest BCUT2D eigenvalue weighted by atomic mass is 35.5. The van der Waals surface area contributed by atoms with E-state index in [0.717, 1.165) is 35.2 Å². The van der Waals surface area contributed by atoms with Crippen molar-refractivity contribution in [3.63, 3.8) is 0 Å². The Labute approximate surface area is 187 Å². The second-order valence-electron chi connectivity index (χ2n) is 8.21. The molecule has 2 aromatic rings. The highest BCUT2D eigenvalue weighted by Gasteiger charge is 2.35. The first-order valence-corrected chi connectivity index (χ1v) is 11.0. The Morgan fingerprint density at radius 3 is 2.84 bits per heavy atom. The van der Waals surface area contributed by atoms with Crippen LogP contribution < -0.4 is 10.1 Å². The van der Waals surface area contributed by atoms with E-state index in [1.54, 1.807) is 17.0 Å². The summed E-state index contributed by atoms with van der Waals surface area (Å²) in [6, 6.07) is 11.1. The first-order valence-electron chi connectivity index (χ1n) is 10.6. The quantitative estimate of drug-likeness (QED) is 0.736. The number of halogens is 1. The molecule has 164 valence electrons. The number of hydrogen-bond donors (Lipinski definition) is 1. The SMILES string of the molecule is Cc1cccc(NC(=O)CN(C[C@H]2CCCO2)C(=O)[C@H]2Cc3cc(Cl)ccc3O2)c1C. The van der Waals surface area contributed by atoms with Crippen LogP contribution in [0.1, 0.15) is 29.5 Å². The van der Waals surface area contributed by atoms with Gasteiger partial charge in [0.2, 0.25) is 5.91 Å². The molecule has 2 heterocycles. The lowest BCUT2D eigenvalue weighted by molar-refractivity contribution is -0.142. The lowest BCUT2D eigenvalue weighted by Gasteiger charge is -2.27. The van der Waals surface area contributed by atoms with Crippen LogP contribution in [-0.4, -0.2) is 48.6 Å². The van der Waals surface area contributed by atoms with Crippen molar-refractivity contribution in [1.29, 1.82) is 0 Å². The van der Waals surface area contributed by atoms with Gasteiger partial charge in [0, 0.05) is 30.3 Å². The average Bonchev–Trinajstić information content (AvgIpc) is 3.39. The van der Waals surface area contributed by atoms with E-state index in [9.17, 15) is 9.59 Å². The minimum absolute atomic E-state index is 0.0525. The van der Waals surface area contributed by atoms with Crippen LogP contribution in [0.4, 0.5) is 5.69 Å². The zero-order chi connectivity index (χ0) is 22.0. The maximum absolute atomic E-state index is 13.3. The minimum atomic E-state index is -0.664. The number of aryl methyl sites for hydroxylation is 1. The van der Waals surface area contributed by atoms with Crippen molar-refractivity contribution in [3.8, 4) is 5.75 Å². The van der Waals surface area contributed by atoms with Crippen molar-refractivity contribution < 1.29 is 19.1 Å². The van der Waals surface area contributed by atoms with Gasteiger partial charge in [-0.3, -0.25) is 9.59 Å². The molecule has 1 fully saturated rings. The van der Waals surface area contributed by atoms with Crippen LogP contribution in [-0.2, 0) is 20.7 Å². The highest BCUT2D eigenvalue weighted by Crippen LogP contribution is 2.32. The van der Waals surface area contributed by atoms with Crippen LogP contribution in [0.5, 0.6) is 5.75 Å². The minimum Gasteiger partial charge on any atom is -0.480 e. The fourth-order valence-corrected chi connectivity index (χ4v) is 4.27. The highest BCUT2D eigenvalue weighted by molar-refractivity contribution is 6.30. The largest absolute Gasteiger partial charge is 0.480 e. The number of carbonyl (C=O) groups is 2. The molecule has 0 unspecified atom stereocenters. The van der Waals surface area contributed by atoms with Gasteiger partial charge in [0.25, 0.3) is 5.91 Å². The van der Waals surface area contributed by atoms with Crippen LogP contribution >= 0.6 is 11.6 Å². The summed E-state index contributed by atoms with van der Waals surface area (Å²) in [6.07, 6.45) is 1.56. The number of anilines is 1. The second-order valence-corrected chi connectivity index (χ2v) is 8.65. The lowest BCUT2D eigenvalue weighted by atomic mass is 10.1. The van der Waals surface area contributed by atoms with Crippen LogP contribution in [0.3, 0.4) is 0 Å². The van der Waals surface area contributed by atoms with E-state index in [0.29, 0.717) is 30.3 Å². The predicted molar refractivity (Wildman–Crippen MR) is 120 cm³/mol. The summed E-state index contributed by atoms with van der Waals surface area (Å²) in [7, 11) is 0. The topological polar surface area (TPSA) is 67.9 Å². The van der Waals surface area contributed by atoms with Gasteiger partial charge in [-0.15, -0.1) is 0 Å². The molecule has 0 aromatic heterocycles. The molecule has 2 aliphatic rings. The third kappa shape index (κ3) is 5.02. The van der Waals surface area contributed by atoms with Gasteiger partial charge < -0.3 is 19.7 Å². The van der Waals surface area contributed by atoms with Gasteiger partial charge in [-0.1, -0.05) is 23.7 Å². The van der Waals surface area contributed by atoms with Gasteiger partial charge in [0.05, 0.1) is 6.10 Å². The van der Waals surface area contributed by atoms with E-state index in [1.807, 2.05) is 38.1 Å². The third-order valence-electron chi connectivity index (χ3n) is 5.95. The number of ether oxygens (including phenoxy) is 2. The summed E-state index contributed by atoms with van der Waals surface area (Å²) < 4.78 is 11.6. The zero-order valence-corrected chi connectivity index (χ0v) is 18.6. The Morgan fingerprint density at radius 2 is 2.06 bits per heavy atom. The van der Waals surface area contributed by atoms with Crippen molar-refractivity contribution in [3.05, 3.63) is 58.1 Å². The molecule has 0 spiro atoms. The number of benzene rings is 2. The van der Waals surface area contributed by atoms with E-state index in [4.69, 9.17) is 21.1 Å². The van der Waals surface area contributed by atoms with Gasteiger partial charge in [-0.2, -0.15) is 0 Å². The van der Waals surface area contributed by atoms with Gasteiger partial charge in [0.15, 0.2) is 6.10 Å². The van der Waals surface area contributed by atoms with Gasteiger partial charge in [0.1, 0.15) is 12.3 Å². The van der Waals surface area contributed by atoms with Crippen molar-refractivity contribution >= 4 is 29.1 Å². The second kappa shape index (κ2) is 9.28. The Bertz CT molecular complexity index is 988. The third-order valence-corrected chi connectivity index (χ3v) is 6.18. The van der Waals surface area contributed by atoms with E-state index in [1.165, 1.54) is 0 Å². The summed E-state index contributed by atoms with van der Waals surface area (Å²) in [5.41, 5.74) is 3.77. The summed E-state index contributed by atoms with van der Waals surface area (Å²) in [6.45, 7) is 4.97. The van der Waals surface area contributed by atoms with E-state index >= 15 is 0 Å². The molecule has 4 rings (SSSR count). The molecular weight excluding hydrogens is 416 g/mol. The standard InChI is InChI=1S/C24H27ClN2O4/c1-15-5-3-7-20(16(15)2)26-23(28)14-27(13-19-6-4-10-30-19)24(29)22-12-17-11-18(25)8-9-21(17)31-22/h3,5,7-9,11,19,22H,4,6,10,12-14H2,1-2H3,(H,26,28)/t19-,22-/m1/s1. The number of rotatable bonds is 6. The summed E-state index contributed by atoms with van der Waals surface area (Å²) >= 11 is 6.08. The van der Waals surface area contributed by atoms with Crippen LogP contribution in [0, 0.1) is 13.8 Å². The van der Waals surface area contributed by atoms with Gasteiger partial charge in [-0.05, 0) is 67.6 Å². The Kier molecular flexibility index (Phi) is 6.49. The molecule has 2 aliphatic heterocycles. The molecule has 1 saturated heterocycles. The molecular formula is C24H27ClN2O4. The lowest BCUT2D eigenvalue weighted by Crippen LogP contribution is -2.48. The number of hydrogen-bond acceptors (Lipinski definition) is 4. The number of fused-ring (bicyclic) bond motifs is 1. The molecule has 0 radical (unpaired) electrons. The maximum atomic E-state index is 13.3. The molecule has 6 nitrogen and oxygen atoms in total. The number of nitrogens with zero attached hydrogens (tertiary/aromatic N) is 1. The monoisotopic (exact) mass is 442 g/mol. The Balaban J connectivity index is 1.47. The molecule has 0 saturated carbocycles. The van der Waals surface area contributed by atoms with Crippen LogP contribution in [0.2, 0.25) is 5.02 Å². The normalized spacial score (nSPS) is 19.6. The summed E-state index contributed by atoms with van der Waals surface area (Å²) in [4.78, 5) is 27.7. The maximum Gasteiger partial charge on any atom is 0.264 e. The molecule has 2 aromatic carbocycles. The molecule has 31 heavy (non-hydrogen) atoms. The average molecular weight is 443 g/mol. The molecule has 2 amide bonds. The number of amides is 2. The molecule has 2 atom stereocenters. The Morgan fingerprint density at radius 1 is 1.23 bits per heavy atom. The van der Waals surface area contributed by atoms with E-state index in [2.05, 4.69) is 5.32 Å². The van der Waals surface area contributed by atoms with Crippen molar-refractivity contribution in [2.45, 2.75) is 45.3 Å². The molecule has 0 aliphatic carbocycles. The van der Waals surface area contributed by atoms with E-state index in [-0.39, 0.29) is 24.5 Å². The van der Waals surface area contributed by atoms with Gasteiger partial charge >= 0.3 is 0 Å². The van der Waals surface area contributed by atoms with Crippen molar-refractivity contribution in [1.82, 2.24) is 4.90 Å². The molecule has 7 heteroatoms. The Hall–Kier alpha value is -2.57. The fourth-order valence-electron chi connectivity index (χ4n) is 4.07. The molecule has 1 N–H and O–H groups in total. The summed E-state index contributed by atoms with van der Waals surface area (Å²) in [5.74, 6) is 0.220. The van der Waals surface area contributed by atoms with Crippen molar-refractivity contribution in [2.75, 3.05) is 25.0 Å². The first-order chi connectivity index (χ1) is 14.9. The van der Waals surface area contributed by atoms with Crippen LogP contribution in [0.15, 0.2) is 36.4 Å². The van der Waals surface area contributed by atoms with Crippen LogP contribution in [0.25, 0.3) is 0 Å². The van der Waals surface area contributed by atoms with Gasteiger partial charge in [-0.25, -0.2) is 0 Å².